The standard InChI is InChI=1S/C17H29N5O6/c1-8(13(23)20-9(2)15(25)22-11(4)17(27)28)19-14(24)10(3)21-16(26)12-6-5-7-18-12/h8-12,18H,5-7H2,1-4H3,(H,19,24)(H,20,23)(H,21,26)(H,22,25)(H,27,28)/p+1/t8-,9-,10-,11-,12-/m0/s1. The molecule has 0 aromatic heterocycles. The summed E-state index contributed by atoms with van der Waals surface area (Å²) in [5.41, 5.74) is 0. The van der Waals surface area contributed by atoms with Crippen LogP contribution in [0.1, 0.15) is 40.5 Å². The third kappa shape index (κ3) is 7.14. The summed E-state index contributed by atoms with van der Waals surface area (Å²) in [6.07, 6.45) is 1.71. The number of quaternary nitrogens is 1. The highest BCUT2D eigenvalue weighted by Crippen LogP contribution is 1.98. The predicted octanol–water partition coefficient (Wildman–Crippen LogP) is -3.18. The van der Waals surface area contributed by atoms with Crippen molar-refractivity contribution in [2.24, 2.45) is 0 Å². The molecule has 1 rings (SSSR count). The van der Waals surface area contributed by atoms with E-state index in [-0.39, 0.29) is 11.9 Å². The molecule has 11 nitrogen and oxygen atoms in total. The van der Waals surface area contributed by atoms with Crippen molar-refractivity contribution < 1.29 is 34.4 Å². The molecule has 1 aliphatic rings. The normalized spacial score (nSPS) is 20.2. The van der Waals surface area contributed by atoms with Crippen LogP contribution in [0.4, 0.5) is 0 Å². The first-order valence-corrected chi connectivity index (χ1v) is 9.30. The Labute approximate surface area is 163 Å². The lowest BCUT2D eigenvalue weighted by Crippen LogP contribution is -2.89. The van der Waals surface area contributed by atoms with E-state index < -0.39 is 47.9 Å². The molecule has 0 saturated carbocycles. The predicted molar refractivity (Wildman–Crippen MR) is 97.9 cm³/mol. The Kier molecular flexibility index (Phi) is 8.83. The zero-order valence-corrected chi connectivity index (χ0v) is 16.6. The number of amides is 4. The van der Waals surface area contributed by atoms with Gasteiger partial charge >= 0.3 is 5.97 Å². The van der Waals surface area contributed by atoms with Gasteiger partial charge in [-0.05, 0) is 27.7 Å². The SMILES string of the molecule is C[C@H](NC(=O)[C@H](C)NC(=O)[C@H](C)NC(=O)[C@H](C)NC(=O)[C@@H]1CCC[NH2+]1)C(=O)O. The lowest BCUT2D eigenvalue weighted by molar-refractivity contribution is -0.657. The summed E-state index contributed by atoms with van der Waals surface area (Å²) >= 11 is 0. The average molecular weight is 400 g/mol. The maximum atomic E-state index is 12.2. The van der Waals surface area contributed by atoms with Gasteiger partial charge in [0.1, 0.15) is 24.2 Å². The molecular weight excluding hydrogens is 370 g/mol. The van der Waals surface area contributed by atoms with Crippen molar-refractivity contribution >= 4 is 29.6 Å². The Bertz CT molecular complexity index is 619. The average Bonchev–Trinajstić information content (AvgIpc) is 3.15. The molecule has 28 heavy (non-hydrogen) atoms. The van der Waals surface area contributed by atoms with Crippen LogP contribution in [-0.4, -0.2) is 71.5 Å². The van der Waals surface area contributed by atoms with E-state index in [1.807, 2.05) is 5.32 Å². The van der Waals surface area contributed by atoms with Gasteiger partial charge in [-0.2, -0.15) is 0 Å². The van der Waals surface area contributed by atoms with E-state index in [1.165, 1.54) is 27.7 Å². The fourth-order valence-corrected chi connectivity index (χ4v) is 2.61. The number of aliphatic carboxylic acids is 1. The lowest BCUT2D eigenvalue weighted by Gasteiger charge is -2.21. The van der Waals surface area contributed by atoms with Gasteiger partial charge in [0.05, 0.1) is 6.54 Å². The van der Waals surface area contributed by atoms with Crippen LogP contribution >= 0.6 is 0 Å². The second kappa shape index (κ2) is 10.6. The molecule has 0 radical (unpaired) electrons. The van der Waals surface area contributed by atoms with Crippen LogP contribution in [0.2, 0.25) is 0 Å². The molecule has 158 valence electrons. The Hall–Kier alpha value is -2.69. The van der Waals surface area contributed by atoms with Gasteiger partial charge < -0.3 is 31.7 Å². The van der Waals surface area contributed by atoms with Gasteiger partial charge in [0.2, 0.25) is 17.7 Å². The fraction of sp³-hybridized carbons (Fsp3) is 0.706. The van der Waals surface area contributed by atoms with Gasteiger partial charge in [0.15, 0.2) is 6.04 Å². The molecule has 4 amide bonds. The lowest BCUT2D eigenvalue weighted by atomic mass is 10.2. The van der Waals surface area contributed by atoms with Crippen LogP contribution in [0.3, 0.4) is 0 Å². The van der Waals surface area contributed by atoms with Crippen LogP contribution in [0.15, 0.2) is 0 Å². The molecule has 11 heteroatoms. The Morgan fingerprint density at radius 2 is 1.21 bits per heavy atom. The zero-order valence-electron chi connectivity index (χ0n) is 16.6. The number of rotatable bonds is 9. The van der Waals surface area contributed by atoms with Gasteiger partial charge in [0, 0.05) is 12.8 Å². The van der Waals surface area contributed by atoms with Gasteiger partial charge in [-0.3, -0.25) is 24.0 Å². The van der Waals surface area contributed by atoms with Gasteiger partial charge in [-0.25, -0.2) is 0 Å². The van der Waals surface area contributed by atoms with Crippen molar-refractivity contribution in [2.75, 3.05) is 6.54 Å². The molecule has 0 unspecified atom stereocenters. The fourth-order valence-electron chi connectivity index (χ4n) is 2.61. The van der Waals surface area contributed by atoms with Crippen LogP contribution in [0.5, 0.6) is 0 Å². The Morgan fingerprint density at radius 1 is 0.786 bits per heavy atom. The number of hydrogen-bond acceptors (Lipinski definition) is 5. The summed E-state index contributed by atoms with van der Waals surface area (Å²) in [5.74, 6) is -3.20. The van der Waals surface area contributed by atoms with Crippen molar-refractivity contribution in [3.05, 3.63) is 0 Å². The molecule has 0 spiro atoms. The molecule has 0 aromatic carbocycles. The summed E-state index contributed by atoms with van der Waals surface area (Å²) in [6, 6.07) is -4.02. The monoisotopic (exact) mass is 400 g/mol. The first kappa shape index (κ1) is 23.3. The van der Waals surface area contributed by atoms with E-state index in [4.69, 9.17) is 5.11 Å². The van der Waals surface area contributed by atoms with Crippen LogP contribution in [0, 0.1) is 0 Å². The maximum Gasteiger partial charge on any atom is 0.325 e. The highest BCUT2D eigenvalue weighted by molar-refractivity contribution is 5.94. The van der Waals surface area contributed by atoms with Crippen molar-refractivity contribution in [2.45, 2.75) is 70.7 Å². The summed E-state index contributed by atoms with van der Waals surface area (Å²) in [5, 5.41) is 20.5. The minimum absolute atomic E-state index is 0.191. The molecule has 0 bridgehead atoms. The van der Waals surface area contributed by atoms with E-state index in [0.29, 0.717) is 0 Å². The quantitative estimate of drug-likeness (QED) is 0.238. The zero-order chi connectivity index (χ0) is 21.4. The maximum absolute atomic E-state index is 12.2. The second-order valence-corrected chi connectivity index (χ2v) is 7.03. The first-order valence-electron chi connectivity index (χ1n) is 9.30. The van der Waals surface area contributed by atoms with E-state index in [1.54, 1.807) is 0 Å². The van der Waals surface area contributed by atoms with Gasteiger partial charge in [0.25, 0.3) is 5.91 Å². The Morgan fingerprint density at radius 3 is 1.61 bits per heavy atom. The topological polar surface area (TPSA) is 170 Å². The summed E-state index contributed by atoms with van der Waals surface area (Å²) in [6.45, 7) is 6.55. The molecule has 1 heterocycles. The van der Waals surface area contributed by atoms with Gasteiger partial charge in [-0.15, -0.1) is 0 Å². The molecular formula is C17H30N5O6+. The number of carboxylic acids is 1. The minimum atomic E-state index is -1.20. The van der Waals surface area contributed by atoms with Crippen molar-refractivity contribution in [3.63, 3.8) is 0 Å². The highest BCUT2D eigenvalue weighted by Gasteiger charge is 2.29. The molecule has 1 fully saturated rings. The number of carboxylic acid groups (broad SMARTS) is 1. The van der Waals surface area contributed by atoms with Crippen LogP contribution in [0.25, 0.3) is 0 Å². The third-order valence-corrected chi connectivity index (χ3v) is 4.49. The van der Waals surface area contributed by atoms with Crippen molar-refractivity contribution in [1.82, 2.24) is 21.3 Å². The summed E-state index contributed by atoms with van der Waals surface area (Å²) in [7, 11) is 0. The third-order valence-electron chi connectivity index (χ3n) is 4.49. The van der Waals surface area contributed by atoms with E-state index in [2.05, 4.69) is 21.3 Å². The Balaban J connectivity index is 2.44. The number of carbonyl (C=O) groups is 5. The van der Waals surface area contributed by atoms with E-state index >= 15 is 0 Å². The number of nitrogens with one attached hydrogen (secondary N) is 4. The molecule has 7 N–H and O–H groups in total. The molecule has 1 saturated heterocycles. The van der Waals surface area contributed by atoms with Crippen LogP contribution < -0.4 is 26.6 Å². The molecule has 0 aliphatic carbocycles. The van der Waals surface area contributed by atoms with Gasteiger partial charge in [-0.1, -0.05) is 0 Å². The largest absolute Gasteiger partial charge is 0.480 e. The molecule has 1 aliphatic heterocycles. The molecule has 0 aromatic rings. The minimum Gasteiger partial charge on any atom is -0.480 e. The van der Waals surface area contributed by atoms with Crippen LogP contribution in [-0.2, 0) is 24.0 Å². The van der Waals surface area contributed by atoms with Crippen molar-refractivity contribution in [1.29, 1.82) is 0 Å². The second-order valence-electron chi connectivity index (χ2n) is 7.03. The van der Waals surface area contributed by atoms with Crippen molar-refractivity contribution in [3.8, 4) is 0 Å². The highest BCUT2D eigenvalue weighted by atomic mass is 16.4. The summed E-state index contributed by atoms with van der Waals surface area (Å²) < 4.78 is 0. The number of hydrogen-bond donors (Lipinski definition) is 6. The first-order chi connectivity index (χ1) is 13.0. The number of carbonyl (C=O) groups excluding carboxylic acids is 4. The smallest absolute Gasteiger partial charge is 0.325 e. The number of nitrogens with two attached hydrogens (primary N) is 1. The van der Waals surface area contributed by atoms with E-state index in [0.717, 1.165) is 19.4 Å². The van der Waals surface area contributed by atoms with E-state index in [9.17, 15) is 24.0 Å². The summed E-state index contributed by atoms with van der Waals surface area (Å²) in [4.78, 5) is 59.0. The molecule has 5 atom stereocenters.